The minimum atomic E-state index is -0.426. The third-order valence-electron chi connectivity index (χ3n) is 4.20. The van der Waals surface area contributed by atoms with Crippen LogP contribution in [0, 0.1) is 6.92 Å². The summed E-state index contributed by atoms with van der Waals surface area (Å²) in [6.45, 7) is 1.75. The van der Waals surface area contributed by atoms with Gasteiger partial charge in [0.1, 0.15) is 11.4 Å². The summed E-state index contributed by atoms with van der Waals surface area (Å²) in [5.41, 5.74) is 8.03. The fourth-order valence-corrected chi connectivity index (χ4v) is 2.78. The Bertz CT molecular complexity index is 1060. The van der Waals surface area contributed by atoms with E-state index in [-0.39, 0.29) is 0 Å². The molecule has 0 aliphatic carbocycles. The van der Waals surface area contributed by atoms with E-state index < -0.39 is 11.2 Å². The minimum Gasteiger partial charge on any atom is -0.497 e. The Hall–Kier alpha value is -3.09. The number of nitrogen functional groups attached to an aromatic ring is 1. The quantitative estimate of drug-likeness (QED) is 0.764. The summed E-state index contributed by atoms with van der Waals surface area (Å²) in [5, 5.41) is 0.327. The molecule has 124 valence electrons. The maximum absolute atomic E-state index is 12.7. The Morgan fingerprint density at radius 2 is 1.71 bits per heavy atom. The first-order valence-corrected chi connectivity index (χ1v) is 7.37. The molecule has 24 heavy (non-hydrogen) atoms. The van der Waals surface area contributed by atoms with Crippen LogP contribution in [0.25, 0.3) is 22.2 Å². The molecule has 0 bridgehead atoms. The number of ether oxygens (including phenoxy) is 1. The Kier molecular flexibility index (Phi) is 3.63. The summed E-state index contributed by atoms with van der Waals surface area (Å²) < 4.78 is 7.59. The molecule has 2 heterocycles. The van der Waals surface area contributed by atoms with Gasteiger partial charge in [-0.1, -0.05) is 12.1 Å². The molecule has 2 aromatic heterocycles. The molecule has 0 aliphatic rings. The first-order chi connectivity index (χ1) is 11.4. The highest BCUT2D eigenvalue weighted by atomic mass is 16.5. The van der Waals surface area contributed by atoms with Gasteiger partial charge in [0.25, 0.3) is 5.56 Å². The van der Waals surface area contributed by atoms with E-state index in [4.69, 9.17) is 10.5 Å². The summed E-state index contributed by atoms with van der Waals surface area (Å²) in [6, 6.07) is 7.24. The minimum absolute atomic E-state index is 0.320. The Labute approximate surface area is 137 Å². The molecule has 0 unspecified atom stereocenters. The van der Waals surface area contributed by atoms with Crippen LogP contribution in [0.5, 0.6) is 5.75 Å². The van der Waals surface area contributed by atoms with Crippen molar-refractivity contribution in [2.75, 3.05) is 12.8 Å². The third kappa shape index (κ3) is 2.17. The van der Waals surface area contributed by atoms with E-state index in [1.54, 1.807) is 33.2 Å². The topological polar surface area (TPSA) is 92.1 Å². The van der Waals surface area contributed by atoms with E-state index in [0.29, 0.717) is 33.7 Å². The highest BCUT2D eigenvalue weighted by Gasteiger charge is 2.19. The molecule has 0 spiro atoms. The van der Waals surface area contributed by atoms with Crippen LogP contribution in [0.3, 0.4) is 0 Å². The van der Waals surface area contributed by atoms with Crippen molar-refractivity contribution in [1.82, 2.24) is 14.1 Å². The fourth-order valence-electron chi connectivity index (χ4n) is 2.78. The molecule has 7 nitrogen and oxygen atoms in total. The number of fused-ring (bicyclic) bond motifs is 1. The molecular formula is C17H18N4O3. The molecule has 0 radical (unpaired) electrons. The molecule has 3 rings (SSSR count). The smallest absolute Gasteiger partial charge is 0.332 e. The number of methoxy groups -OCH3 is 1. The van der Waals surface area contributed by atoms with Crippen LogP contribution in [-0.2, 0) is 14.1 Å². The van der Waals surface area contributed by atoms with E-state index in [9.17, 15) is 9.59 Å². The number of rotatable bonds is 2. The lowest BCUT2D eigenvalue weighted by Gasteiger charge is -2.15. The van der Waals surface area contributed by atoms with Crippen LogP contribution in [-0.4, -0.2) is 21.2 Å². The first-order valence-electron chi connectivity index (χ1n) is 7.37. The largest absolute Gasteiger partial charge is 0.497 e. The predicted octanol–water partition coefficient (Wildman–Crippen LogP) is 1.20. The first kappa shape index (κ1) is 15.8. The fraction of sp³-hybridized carbons (Fsp3) is 0.235. The standard InChI is InChI=1S/C17H18N4O3/c1-9-14(18)12(10-5-7-11(24-4)8-6-10)13-15(19-9)20(2)17(23)21(3)16(13)22/h5-8H,18H2,1-4H3. The number of benzene rings is 1. The number of anilines is 1. The van der Waals surface area contributed by atoms with Gasteiger partial charge in [-0.2, -0.15) is 0 Å². The summed E-state index contributed by atoms with van der Waals surface area (Å²) in [4.78, 5) is 29.2. The summed E-state index contributed by atoms with van der Waals surface area (Å²) >= 11 is 0. The van der Waals surface area contributed by atoms with Crippen molar-refractivity contribution >= 4 is 16.7 Å². The number of nitrogens with zero attached hydrogens (tertiary/aromatic N) is 3. The Morgan fingerprint density at radius 3 is 2.29 bits per heavy atom. The van der Waals surface area contributed by atoms with Crippen LogP contribution in [0.2, 0.25) is 0 Å². The molecule has 2 N–H and O–H groups in total. The number of pyridine rings is 1. The van der Waals surface area contributed by atoms with Crippen molar-refractivity contribution < 1.29 is 4.74 Å². The van der Waals surface area contributed by atoms with Gasteiger partial charge in [0.05, 0.1) is 23.9 Å². The second kappa shape index (κ2) is 5.52. The van der Waals surface area contributed by atoms with E-state index >= 15 is 0 Å². The normalized spacial score (nSPS) is 11.0. The number of nitrogens with two attached hydrogens (primary N) is 1. The second-order valence-electron chi connectivity index (χ2n) is 5.62. The van der Waals surface area contributed by atoms with Gasteiger partial charge in [0.15, 0.2) is 0 Å². The van der Waals surface area contributed by atoms with E-state index in [0.717, 1.165) is 10.1 Å². The number of hydrogen-bond acceptors (Lipinski definition) is 5. The average molecular weight is 326 g/mol. The molecule has 3 aromatic rings. The van der Waals surface area contributed by atoms with Gasteiger partial charge in [-0.15, -0.1) is 0 Å². The lowest BCUT2D eigenvalue weighted by atomic mass is 10.00. The highest BCUT2D eigenvalue weighted by molar-refractivity contribution is 5.99. The zero-order valence-corrected chi connectivity index (χ0v) is 14.0. The Balaban J connectivity index is 2.52. The van der Waals surface area contributed by atoms with E-state index in [2.05, 4.69) is 4.98 Å². The molecule has 0 amide bonds. The van der Waals surface area contributed by atoms with Crippen LogP contribution >= 0.6 is 0 Å². The highest BCUT2D eigenvalue weighted by Crippen LogP contribution is 2.33. The van der Waals surface area contributed by atoms with Crippen molar-refractivity contribution in [2.24, 2.45) is 14.1 Å². The summed E-state index contributed by atoms with van der Waals surface area (Å²) in [5.74, 6) is 0.702. The van der Waals surface area contributed by atoms with Crippen molar-refractivity contribution in [1.29, 1.82) is 0 Å². The molecule has 0 fully saturated rings. The molecular weight excluding hydrogens is 308 g/mol. The van der Waals surface area contributed by atoms with Gasteiger partial charge in [0.2, 0.25) is 0 Å². The van der Waals surface area contributed by atoms with Gasteiger partial charge in [0, 0.05) is 19.7 Å². The molecule has 1 aromatic carbocycles. The second-order valence-corrected chi connectivity index (χ2v) is 5.62. The monoisotopic (exact) mass is 326 g/mol. The van der Waals surface area contributed by atoms with Gasteiger partial charge >= 0.3 is 5.69 Å². The van der Waals surface area contributed by atoms with Crippen molar-refractivity contribution in [3.05, 3.63) is 50.8 Å². The predicted molar refractivity (Wildman–Crippen MR) is 93.4 cm³/mol. The zero-order valence-electron chi connectivity index (χ0n) is 14.0. The lowest BCUT2D eigenvalue weighted by molar-refractivity contribution is 0.415. The molecule has 0 atom stereocenters. The number of hydrogen-bond donors (Lipinski definition) is 1. The lowest BCUT2D eigenvalue weighted by Crippen LogP contribution is -2.37. The van der Waals surface area contributed by atoms with Crippen molar-refractivity contribution in [2.45, 2.75) is 6.92 Å². The third-order valence-corrected chi connectivity index (χ3v) is 4.20. The number of aromatic nitrogens is 3. The molecule has 7 heteroatoms. The molecule has 0 aliphatic heterocycles. The molecule has 0 saturated heterocycles. The Morgan fingerprint density at radius 1 is 1.08 bits per heavy atom. The maximum atomic E-state index is 12.7. The van der Waals surface area contributed by atoms with Crippen LogP contribution in [0.1, 0.15) is 5.69 Å². The zero-order chi connectivity index (χ0) is 17.6. The van der Waals surface area contributed by atoms with Gasteiger partial charge in [-0.05, 0) is 24.6 Å². The van der Waals surface area contributed by atoms with E-state index in [1.807, 2.05) is 12.1 Å². The summed E-state index contributed by atoms with van der Waals surface area (Å²) in [6.07, 6.45) is 0. The van der Waals surface area contributed by atoms with Crippen LogP contribution in [0.4, 0.5) is 5.69 Å². The van der Waals surface area contributed by atoms with Crippen LogP contribution in [0.15, 0.2) is 33.9 Å². The van der Waals surface area contributed by atoms with Crippen molar-refractivity contribution in [3.8, 4) is 16.9 Å². The van der Waals surface area contributed by atoms with Crippen molar-refractivity contribution in [3.63, 3.8) is 0 Å². The maximum Gasteiger partial charge on any atom is 0.332 e. The SMILES string of the molecule is COc1ccc(-c2c(N)c(C)nc3c2c(=O)n(C)c(=O)n3C)cc1. The van der Waals surface area contributed by atoms with E-state index in [1.165, 1.54) is 11.6 Å². The van der Waals surface area contributed by atoms with Gasteiger partial charge in [-0.3, -0.25) is 13.9 Å². The number of aryl methyl sites for hydroxylation is 2. The summed E-state index contributed by atoms with van der Waals surface area (Å²) in [7, 11) is 4.61. The molecule has 0 saturated carbocycles. The van der Waals surface area contributed by atoms with Gasteiger partial charge in [-0.25, -0.2) is 9.78 Å². The van der Waals surface area contributed by atoms with Crippen LogP contribution < -0.4 is 21.7 Å². The average Bonchev–Trinajstić information content (AvgIpc) is 2.60. The van der Waals surface area contributed by atoms with Gasteiger partial charge < -0.3 is 10.5 Å².